The van der Waals surface area contributed by atoms with Gasteiger partial charge in [-0.1, -0.05) is 97.4 Å². The van der Waals surface area contributed by atoms with Crippen molar-refractivity contribution < 1.29 is 9.59 Å². The minimum atomic E-state index is -0.251. The summed E-state index contributed by atoms with van der Waals surface area (Å²) in [4.78, 5) is 38.7. The Morgan fingerprint density at radius 3 is 2.32 bits per heavy atom. The minimum absolute atomic E-state index is 0.0802. The van der Waals surface area contributed by atoms with Gasteiger partial charge in [-0.25, -0.2) is 9.97 Å². The van der Waals surface area contributed by atoms with Gasteiger partial charge in [0.25, 0.3) is 0 Å². The lowest BCUT2D eigenvalue weighted by Gasteiger charge is -2.40. The van der Waals surface area contributed by atoms with E-state index < -0.39 is 0 Å². The Kier molecular flexibility index (Phi) is 10.0. The molecule has 0 radical (unpaired) electrons. The van der Waals surface area contributed by atoms with Gasteiger partial charge in [0.2, 0.25) is 11.8 Å². The predicted molar refractivity (Wildman–Crippen MR) is 154 cm³/mol. The number of carbonyl (C=O) groups excluding carboxylic acids is 2. The van der Waals surface area contributed by atoms with E-state index in [-0.39, 0.29) is 29.7 Å². The van der Waals surface area contributed by atoms with Gasteiger partial charge in [-0.15, -0.1) is 0 Å². The van der Waals surface area contributed by atoms with Crippen LogP contribution >= 0.6 is 23.4 Å². The van der Waals surface area contributed by atoms with Crippen LogP contribution in [-0.2, 0) is 9.59 Å². The Morgan fingerprint density at radius 2 is 1.71 bits per heavy atom. The predicted octanol–water partition coefficient (Wildman–Crippen LogP) is 5.36. The zero-order chi connectivity index (χ0) is 26.9. The lowest BCUT2D eigenvalue weighted by Crippen LogP contribution is -2.54. The Labute approximate surface area is 234 Å². The number of hydrogen-bond donors (Lipinski definition) is 1. The van der Waals surface area contributed by atoms with Crippen LogP contribution in [0, 0.1) is 0 Å². The lowest BCUT2D eigenvalue weighted by molar-refractivity contribution is -0.133. The first-order valence-electron chi connectivity index (χ1n) is 13.1. The van der Waals surface area contributed by atoms with Crippen molar-refractivity contribution >= 4 is 41.0 Å². The van der Waals surface area contributed by atoms with E-state index in [4.69, 9.17) is 11.6 Å². The maximum Gasteiger partial charge on any atom is 0.231 e. The zero-order valence-corrected chi connectivity index (χ0v) is 23.4. The third-order valence-corrected chi connectivity index (χ3v) is 7.62. The average molecular weight is 552 g/mol. The van der Waals surface area contributed by atoms with Gasteiger partial charge in [0.05, 0.1) is 11.8 Å². The summed E-state index contributed by atoms with van der Waals surface area (Å²) in [6, 6.07) is 21.4. The Hall–Kier alpha value is -3.10. The van der Waals surface area contributed by atoms with Gasteiger partial charge in [0, 0.05) is 38.2 Å². The number of unbranched alkanes of at least 4 members (excludes halogenated alkanes) is 1. The van der Waals surface area contributed by atoms with Crippen LogP contribution in [0.1, 0.15) is 50.3 Å². The summed E-state index contributed by atoms with van der Waals surface area (Å²) in [5.41, 5.74) is 2.03. The molecule has 7 nitrogen and oxygen atoms in total. The summed E-state index contributed by atoms with van der Waals surface area (Å²) in [7, 11) is 0. The van der Waals surface area contributed by atoms with Crippen LogP contribution in [0.25, 0.3) is 0 Å². The zero-order valence-electron chi connectivity index (χ0n) is 21.8. The molecule has 0 spiro atoms. The molecule has 1 fully saturated rings. The number of carbonyl (C=O) groups is 2. The monoisotopic (exact) mass is 551 g/mol. The molecule has 2 amide bonds. The molecule has 4 rings (SSSR count). The number of aromatic nitrogens is 2. The fraction of sp³-hybridized carbons (Fsp3) is 0.379. The van der Waals surface area contributed by atoms with Gasteiger partial charge < -0.3 is 15.1 Å². The highest BCUT2D eigenvalue weighted by atomic mass is 35.5. The van der Waals surface area contributed by atoms with Crippen LogP contribution in [0.3, 0.4) is 0 Å². The lowest BCUT2D eigenvalue weighted by atomic mass is 9.99. The minimum Gasteiger partial charge on any atom is -0.353 e. The van der Waals surface area contributed by atoms with Crippen molar-refractivity contribution in [3.63, 3.8) is 0 Å². The van der Waals surface area contributed by atoms with Crippen LogP contribution < -0.4 is 10.2 Å². The number of nitrogens with zero attached hydrogens (tertiary/aromatic N) is 4. The van der Waals surface area contributed by atoms with Crippen molar-refractivity contribution in [1.29, 1.82) is 0 Å². The summed E-state index contributed by atoms with van der Waals surface area (Å²) in [5.74, 6) is 0.968. The van der Waals surface area contributed by atoms with E-state index in [1.165, 1.54) is 11.8 Å². The Bertz CT molecular complexity index is 1170. The van der Waals surface area contributed by atoms with Crippen molar-refractivity contribution in [2.24, 2.45) is 0 Å². The number of amides is 2. The Morgan fingerprint density at radius 1 is 1.05 bits per heavy atom. The largest absolute Gasteiger partial charge is 0.353 e. The summed E-state index contributed by atoms with van der Waals surface area (Å²) < 4.78 is 0. The highest BCUT2D eigenvalue weighted by molar-refractivity contribution is 7.99. The van der Waals surface area contributed by atoms with Crippen LogP contribution in [-0.4, -0.2) is 58.1 Å². The van der Waals surface area contributed by atoms with Gasteiger partial charge in [-0.3, -0.25) is 9.59 Å². The molecule has 1 aliphatic heterocycles. The first-order chi connectivity index (χ1) is 18.4. The SMILES string of the molecule is CCCCC(=O)N1CCN(c2cc(Cl)nc(SCC(=O)NC(c3ccccc3)c3ccccc3)n2)CC1C. The fourth-order valence-electron chi connectivity index (χ4n) is 4.60. The van der Waals surface area contributed by atoms with E-state index in [0.717, 1.165) is 24.0 Å². The van der Waals surface area contributed by atoms with Crippen LogP contribution in [0.2, 0.25) is 5.15 Å². The number of benzene rings is 2. The highest BCUT2D eigenvalue weighted by Gasteiger charge is 2.28. The number of rotatable bonds is 10. The number of thioether (sulfide) groups is 1. The number of halogens is 1. The molecule has 2 aromatic carbocycles. The van der Waals surface area contributed by atoms with E-state index in [1.54, 1.807) is 6.07 Å². The molecule has 1 saturated heterocycles. The normalized spacial score (nSPS) is 15.5. The van der Waals surface area contributed by atoms with E-state index >= 15 is 0 Å². The molecular weight excluding hydrogens is 518 g/mol. The third-order valence-electron chi connectivity index (χ3n) is 6.58. The van der Waals surface area contributed by atoms with Crippen LogP contribution in [0.5, 0.6) is 0 Å². The number of nitrogens with one attached hydrogen (secondary N) is 1. The molecule has 0 saturated carbocycles. The molecule has 2 heterocycles. The first kappa shape index (κ1) is 27.9. The Balaban J connectivity index is 1.39. The molecule has 1 aromatic heterocycles. The number of anilines is 1. The summed E-state index contributed by atoms with van der Waals surface area (Å²) in [6.07, 6.45) is 2.52. The molecule has 9 heteroatoms. The second-order valence-electron chi connectivity index (χ2n) is 9.43. The maximum absolute atomic E-state index is 13.0. The van der Waals surface area contributed by atoms with Gasteiger partial charge in [0.1, 0.15) is 11.0 Å². The maximum atomic E-state index is 13.0. The molecule has 1 atom stereocenters. The smallest absolute Gasteiger partial charge is 0.231 e. The van der Waals surface area contributed by atoms with E-state index in [1.807, 2.05) is 65.6 Å². The molecule has 3 aromatic rings. The van der Waals surface area contributed by atoms with E-state index in [0.29, 0.717) is 42.2 Å². The molecule has 38 heavy (non-hydrogen) atoms. The van der Waals surface area contributed by atoms with Crippen molar-refractivity contribution in [2.45, 2.75) is 50.4 Å². The van der Waals surface area contributed by atoms with Crippen LogP contribution in [0.15, 0.2) is 71.9 Å². The van der Waals surface area contributed by atoms with Crippen molar-refractivity contribution in [3.05, 3.63) is 83.0 Å². The second kappa shape index (κ2) is 13.6. The van der Waals surface area contributed by atoms with Crippen LogP contribution in [0.4, 0.5) is 5.82 Å². The quantitative estimate of drug-likeness (QED) is 0.208. The third kappa shape index (κ3) is 7.48. The van der Waals surface area contributed by atoms with Gasteiger partial charge in [0.15, 0.2) is 5.16 Å². The molecule has 0 bridgehead atoms. The average Bonchev–Trinajstić information content (AvgIpc) is 2.94. The standard InChI is InChI=1S/C29H34ClN5O2S/c1-3-4-15-27(37)35-17-16-34(19-21(35)2)25-18-24(30)31-29(32-25)38-20-26(36)33-28(22-11-7-5-8-12-22)23-13-9-6-10-14-23/h5-14,18,21,28H,3-4,15-17,19-20H2,1-2H3,(H,33,36). The molecule has 0 aliphatic carbocycles. The summed E-state index contributed by atoms with van der Waals surface area (Å²) >= 11 is 7.60. The fourth-order valence-corrected chi connectivity index (χ4v) is 5.49. The highest BCUT2D eigenvalue weighted by Crippen LogP contribution is 2.26. The molecule has 1 N–H and O–H groups in total. The van der Waals surface area contributed by atoms with Crippen molar-refractivity contribution in [1.82, 2.24) is 20.2 Å². The van der Waals surface area contributed by atoms with Gasteiger partial charge >= 0.3 is 0 Å². The van der Waals surface area contributed by atoms with E-state index in [2.05, 4.69) is 34.0 Å². The first-order valence-corrected chi connectivity index (χ1v) is 14.4. The molecule has 200 valence electrons. The molecule has 1 unspecified atom stereocenters. The summed E-state index contributed by atoms with van der Waals surface area (Å²) in [6.45, 7) is 6.16. The second-order valence-corrected chi connectivity index (χ2v) is 10.8. The number of piperazine rings is 1. The summed E-state index contributed by atoms with van der Waals surface area (Å²) in [5, 5.41) is 3.94. The van der Waals surface area contributed by atoms with Crippen molar-refractivity contribution in [3.8, 4) is 0 Å². The van der Waals surface area contributed by atoms with Crippen molar-refractivity contribution in [2.75, 3.05) is 30.3 Å². The van der Waals surface area contributed by atoms with Gasteiger partial charge in [-0.05, 0) is 24.5 Å². The number of hydrogen-bond acceptors (Lipinski definition) is 6. The van der Waals surface area contributed by atoms with Gasteiger partial charge in [-0.2, -0.15) is 0 Å². The van der Waals surface area contributed by atoms with E-state index in [9.17, 15) is 9.59 Å². The molecular formula is C29H34ClN5O2S. The molecule has 1 aliphatic rings. The topological polar surface area (TPSA) is 78.4 Å².